The number of aryl methyl sites for hydroxylation is 1. The van der Waals surface area contributed by atoms with E-state index in [9.17, 15) is 10.1 Å². The van der Waals surface area contributed by atoms with Crippen LogP contribution in [0.3, 0.4) is 0 Å². The third-order valence-electron chi connectivity index (χ3n) is 3.81. The molecule has 1 heterocycles. The van der Waals surface area contributed by atoms with Gasteiger partial charge in [0.25, 0.3) is 0 Å². The van der Waals surface area contributed by atoms with Gasteiger partial charge in [-0.1, -0.05) is 23.8 Å². The third kappa shape index (κ3) is 3.48. The number of methoxy groups -OCH3 is 1. The summed E-state index contributed by atoms with van der Waals surface area (Å²) in [5, 5.41) is 9.43. The molecule has 25 heavy (non-hydrogen) atoms. The Morgan fingerprint density at radius 2 is 2.04 bits per heavy atom. The Bertz CT molecular complexity index is 876. The maximum absolute atomic E-state index is 12.6. The van der Waals surface area contributed by atoms with Crippen LogP contribution in [0.5, 0.6) is 17.2 Å². The van der Waals surface area contributed by atoms with Crippen molar-refractivity contribution in [1.82, 2.24) is 0 Å². The number of allylic oxidation sites excluding steroid dienone is 1. The molecule has 0 spiro atoms. The van der Waals surface area contributed by atoms with Crippen LogP contribution in [0.25, 0.3) is 6.08 Å². The van der Waals surface area contributed by atoms with Gasteiger partial charge < -0.3 is 14.2 Å². The van der Waals surface area contributed by atoms with Gasteiger partial charge in [-0.25, -0.2) is 0 Å². The summed E-state index contributed by atoms with van der Waals surface area (Å²) < 4.78 is 16.5. The molecule has 0 saturated carbocycles. The van der Waals surface area contributed by atoms with E-state index in [0.29, 0.717) is 41.6 Å². The van der Waals surface area contributed by atoms with Crippen LogP contribution in [0, 0.1) is 18.3 Å². The van der Waals surface area contributed by atoms with Gasteiger partial charge in [-0.15, -0.1) is 0 Å². The van der Waals surface area contributed by atoms with Crippen molar-refractivity contribution in [2.45, 2.75) is 6.92 Å². The van der Waals surface area contributed by atoms with E-state index in [0.717, 1.165) is 5.56 Å². The quantitative estimate of drug-likeness (QED) is 0.485. The number of carbonyl (C=O) groups excluding carboxylic acids is 1. The highest BCUT2D eigenvalue weighted by atomic mass is 16.6. The Kier molecular flexibility index (Phi) is 4.71. The predicted octanol–water partition coefficient (Wildman–Crippen LogP) is 3.56. The summed E-state index contributed by atoms with van der Waals surface area (Å²) in [6.45, 7) is 2.79. The molecular weight excluding hydrogens is 318 g/mol. The van der Waals surface area contributed by atoms with Gasteiger partial charge in [0, 0.05) is 5.56 Å². The lowest BCUT2D eigenvalue weighted by atomic mass is 10.0. The first-order chi connectivity index (χ1) is 12.1. The second-order valence-corrected chi connectivity index (χ2v) is 5.62. The zero-order valence-corrected chi connectivity index (χ0v) is 14.0. The summed E-state index contributed by atoms with van der Waals surface area (Å²) in [5.41, 5.74) is 2.13. The van der Waals surface area contributed by atoms with Crippen molar-refractivity contribution >= 4 is 11.9 Å². The average molecular weight is 335 g/mol. The molecule has 2 aromatic rings. The minimum Gasteiger partial charge on any atom is -0.493 e. The number of nitriles is 1. The van der Waals surface area contributed by atoms with Crippen molar-refractivity contribution in [3.8, 4) is 23.3 Å². The number of rotatable bonds is 4. The largest absolute Gasteiger partial charge is 0.493 e. The van der Waals surface area contributed by atoms with Crippen molar-refractivity contribution in [2.24, 2.45) is 0 Å². The van der Waals surface area contributed by atoms with E-state index in [2.05, 4.69) is 0 Å². The van der Waals surface area contributed by atoms with Gasteiger partial charge in [-0.05, 0) is 36.8 Å². The highest BCUT2D eigenvalue weighted by Crippen LogP contribution is 2.40. The molecule has 0 aliphatic carbocycles. The minimum absolute atomic E-state index is 0.0457. The van der Waals surface area contributed by atoms with Crippen LogP contribution in [0.2, 0.25) is 0 Å². The van der Waals surface area contributed by atoms with Gasteiger partial charge in [0.1, 0.15) is 24.9 Å². The number of Topliss-reactive ketones (excluding diaryl/α,β-unsaturated/α-hetero) is 1. The molecule has 2 aromatic carbocycles. The summed E-state index contributed by atoms with van der Waals surface area (Å²) >= 11 is 0. The first kappa shape index (κ1) is 16.6. The molecule has 5 nitrogen and oxygen atoms in total. The maximum Gasteiger partial charge on any atom is 0.203 e. The van der Waals surface area contributed by atoms with Crippen molar-refractivity contribution < 1.29 is 19.0 Å². The van der Waals surface area contributed by atoms with Crippen molar-refractivity contribution in [3.05, 3.63) is 58.7 Å². The Morgan fingerprint density at radius 3 is 2.76 bits per heavy atom. The molecule has 1 aliphatic heterocycles. The Hall–Kier alpha value is -3.26. The highest BCUT2D eigenvalue weighted by Gasteiger charge is 2.19. The molecule has 0 atom stereocenters. The number of ether oxygens (including phenoxy) is 3. The third-order valence-corrected chi connectivity index (χ3v) is 3.81. The fourth-order valence-corrected chi connectivity index (χ4v) is 2.63. The molecule has 3 rings (SSSR count). The smallest absolute Gasteiger partial charge is 0.203 e. The van der Waals surface area contributed by atoms with E-state index in [4.69, 9.17) is 14.2 Å². The van der Waals surface area contributed by atoms with Crippen LogP contribution in [0.1, 0.15) is 21.5 Å². The number of benzene rings is 2. The first-order valence-electron chi connectivity index (χ1n) is 7.83. The van der Waals surface area contributed by atoms with Crippen LogP contribution in [-0.2, 0) is 0 Å². The van der Waals surface area contributed by atoms with Gasteiger partial charge in [-0.3, -0.25) is 4.79 Å². The molecule has 1 aliphatic rings. The summed E-state index contributed by atoms with van der Waals surface area (Å²) in [4.78, 5) is 12.6. The predicted molar refractivity (Wildman–Crippen MR) is 93.1 cm³/mol. The molecule has 126 valence electrons. The van der Waals surface area contributed by atoms with E-state index < -0.39 is 0 Å². The van der Waals surface area contributed by atoms with Gasteiger partial charge in [-0.2, -0.15) is 5.26 Å². The lowest BCUT2D eigenvalue weighted by Gasteiger charge is -2.21. The number of ketones is 1. The number of hydrogen-bond donors (Lipinski definition) is 0. The standard InChI is InChI=1S/C20H17NO4/c1-13-4-3-5-15(8-13)19(22)16(12-21)9-14-10-17(23-2)20-18(11-14)24-6-7-25-20/h3-5,8-11H,6-7H2,1-2H3/b16-9+. The Morgan fingerprint density at radius 1 is 1.24 bits per heavy atom. The zero-order valence-electron chi connectivity index (χ0n) is 14.0. The van der Waals surface area contributed by atoms with Crippen LogP contribution >= 0.6 is 0 Å². The summed E-state index contributed by atoms with van der Waals surface area (Å²) in [6, 6.07) is 12.6. The van der Waals surface area contributed by atoms with Crippen LogP contribution in [-0.4, -0.2) is 26.1 Å². The van der Waals surface area contributed by atoms with Gasteiger partial charge in [0.15, 0.2) is 11.5 Å². The maximum atomic E-state index is 12.6. The fourth-order valence-electron chi connectivity index (χ4n) is 2.63. The summed E-state index contributed by atoms with van der Waals surface area (Å²) in [6.07, 6.45) is 1.53. The van der Waals surface area contributed by atoms with Crippen molar-refractivity contribution in [2.75, 3.05) is 20.3 Å². The van der Waals surface area contributed by atoms with Crippen LogP contribution in [0.15, 0.2) is 42.0 Å². The van der Waals surface area contributed by atoms with Crippen LogP contribution in [0.4, 0.5) is 0 Å². The molecule has 0 unspecified atom stereocenters. The molecular formula is C20H17NO4. The van der Waals surface area contributed by atoms with Crippen molar-refractivity contribution in [1.29, 1.82) is 5.26 Å². The average Bonchev–Trinajstić information content (AvgIpc) is 2.64. The van der Waals surface area contributed by atoms with E-state index in [-0.39, 0.29) is 11.4 Å². The SMILES string of the molecule is COc1cc(/C=C(\C#N)C(=O)c2cccc(C)c2)cc2c1OCCO2. The number of carbonyl (C=O) groups is 1. The van der Waals surface area contributed by atoms with Gasteiger partial charge in [0.05, 0.1) is 7.11 Å². The molecule has 0 N–H and O–H groups in total. The van der Waals surface area contributed by atoms with Gasteiger partial charge >= 0.3 is 0 Å². The lowest BCUT2D eigenvalue weighted by molar-refractivity contribution is 0.104. The number of hydrogen-bond acceptors (Lipinski definition) is 5. The molecule has 0 bridgehead atoms. The molecule has 5 heteroatoms. The molecule has 0 amide bonds. The molecule has 0 aromatic heterocycles. The zero-order chi connectivity index (χ0) is 17.8. The number of fused-ring (bicyclic) bond motifs is 1. The summed E-state index contributed by atoms with van der Waals surface area (Å²) in [7, 11) is 1.53. The Balaban J connectivity index is 2.00. The monoisotopic (exact) mass is 335 g/mol. The second-order valence-electron chi connectivity index (χ2n) is 5.62. The highest BCUT2D eigenvalue weighted by molar-refractivity contribution is 6.14. The van der Waals surface area contributed by atoms with E-state index in [1.165, 1.54) is 13.2 Å². The molecule has 0 radical (unpaired) electrons. The van der Waals surface area contributed by atoms with Crippen molar-refractivity contribution in [3.63, 3.8) is 0 Å². The van der Waals surface area contributed by atoms with E-state index in [1.54, 1.807) is 30.3 Å². The van der Waals surface area contributed by atoms with Gasteiger partial charge in [0.2, 0.25) is 11.5 Å². The van der Waals surface area contributed by atoms with E-state index in [1.807, 2.05) is 19.1 Å². The first-order valence-corrected chi connectivity index (χ1v) is 7.83. The fraction of sp³-hybridized carbons (Fsp3) is 0.200. The van der Waals surface area contributed by atoms with E-state index >= 15 is 0 Å². The Labute approximate surface area is 146 Å². The molecule has 0 fully saturated rings. The topological polar surface area (TPSA) is 68.5 Å². The van der Waals surface area contributed by atoms with Crippen LogP contribution < -0.4 is 14.2 Å². The number of nitrogens with zero attached hydrogens (tertiary/aromatic N) is 1. The lowest BCUT2D eigenvalue weighted by Crippen LogP contribution is -2.16. The summed E-state index contributed by atoms with van der Waals surface area (Å²) in [5.74, 6) is 1.26. The second kappa shape index (κ2) is 7.10. The molecule has 0 saturated heterocycles. The normalized spacial score (nSPS) is 13.1. The minimum atomic E-state index is -0.319.